The zero-order valence-corrected chi connectivity index (χ0v) is 12.4. The number of aliphatic hydroxyl groups excluding tert-OH is 1. The van der Waals surface area contributed by atoms with Crippen LogP contribution in [0.2, 0.25) is 0 Å². The third-order valence-corrected chi connectivity index (χ3v) is 3.69. The second-order valence-corrected chi connectivity index (χ2v) is 5.00. The number of nitrogens with zero attached hydrogens (tertiary/aromatic N) is 4. The summed E-state index contributed by atoms with van der Waals surface area (Å²) in [5.74, 6) is 5.73. The van der Waals surface area contributed by atoms with Crippen molar-refractivity contribution in [3.63, 3.8) is 0 Å². The number of hydrogen-bond acceptors (Lipinski definition) is 8. The number of aromatic nitrogens is 3. The summed E-state index contributed by atoms with van der Waals surface area (Å²) in [6, 6.07) is 0. The van der Waals surface area contributed by atoms with Gasteiger partial charge in [0.1, 0.15) is 17.4 Å². The molecule has 1 aliphatic heterocycles. The SMILES string of the molecule is CCN(N)c1ncnc2c([C@H]3NC=C(CO)C(=O)N3O)c[nH]c12. The van der Waals surface area contributed by atoms with Crippen LogP contribution in [0.15, 0.2) is 24.3 Å². The summed E-state index contributed by atoms with van der Waals surface area (Å²) in [5, 5.41) is 24.0. The summed E-state index contributed by atoms with van der Waals surface area (Å²) >= 11 is 0. The van der Waals surface area contributed by atoms with Gasteiger partial charge in [-0.3, -0.25) is 15.0 Å². The van der Waals surface area contributed by atoms with E-state index in [1.54, 1.807) is 6.20 Å². The number of fused-ring (bicyclic) bond motifs is 1. The first-order valence-corrected chi connectivity index (χ1v) is 7.01. The molecule has 0 spiro atoms. The van der Waals surface area contributed by atoms with Crippen LogP contribution in [0.1, 0.15) is 18.7 Å². The number of H-pyrrole nitrogens is 1. The van der Waals surface area contributed by atoms with Gasteiger partial charge in [0.25, 0.3) is 5.91 Å². The van der Waals surface area contributed by atoms with Crippen molar-refractivity contribution >= 4 is 22.8 Å². The largest absolute Gasteiger partial charge is 0.391 e. The molecule has 2 aromatic rings. The molecule has 6 N–H and O–H groups in total. The van der Waals surface area contributed by atoms with E-state index >= 15 is 0 Å². The summed E-state index contributed by atoms with van der Waals surface area (Å²) in [7, 11) is 0. The van der Waals surface area contributed by atoms with E-state index in [-0.39, 0.29) is 5.57 Å². The van der Waals surface area contributed by atoms with Gasteiger partial charge in [0.05, 0.1) is 12.2 Å². The van der Waals surface area contributed by atoms with Gasteiger partial charge in [-0.2, -0.15) is 5.06 Å². The number of carbonyl (C=O) groups excluding carboxylic acids is 1. The van der Waals surface area contributed by atoms with Gasteiger partial charge >= 0.3 is 0 Å². The molecule has 0 saturated carbocycles. The summed E-state index contributed by atoms with van der Waals surface area (Å²) in [6.07, 6.45) is 3.54. The average Bonchev–Trinajstić information content (AvgIpc) is 3.00. The van der Waals surface area contributed by atoms with E-state index in [0.29, 0.717) is 34.0 Å². The van der Waals surface area contributed by atoms with Crippen LogP contribution in [0.3, 0.4) is 0 Å². The minimum atomic E-state index is -0.831. The summed E-state index contributed by atoms with van der Waals surface area (Å²) < 4.78 is 0. The lowest BCUT2D eigenvalue weighted by Gasteiger charge is -2.30. The minimum absolute atomic E-state index is 0.0676. The zero-order valence-electron chi connectivity index (χ0n) is 12.4. The molecule has 3 heterocycles. The highest BCUT2D eigenvalue weighted by molar-refractivity contribution is 5.95. The van der Waals surface area contributed by atoms with Gasteiger partial charge in [0, 0.05) is 24.5 Å². The molecule has 23 heavy (non-hydrogen) atoms. The monoisotopic (exact) mass is 319 g/mol. The fourth-order valence-electron chi connectivity index (χ4n) is 2.43. The highest BCUT2D eigenvalue weighted by atomic mass is 16.5. The molecule has 1 aliphatic rings. The van der Waals surface area contributed by atoms with Crippen molar-refractivity contribution in [1.82, 2.24) is 25.3 Å². The molecule has 0 unspecified atom stereocenters. The number of nitrogens with two attached hydrogens (primary N) is 1. The number of hydrogen-bond donors (Lipinski definition) is 5. The Morgan fingerprint density at radius 3 is 2.96 bits per heavy atom. The minimum Gasteiger partial charge on any atom is -0.391 e. The number of hydrazine groups is 1. The fourth-order valence-corrected chi connectivity index (χ4v) is 2.43. The smallest absolute Gasteiger partial charge is 0.279 e. The first-order chi connectivity index (χ1) is 11.1. The van der Waals surface area contributed by atoms with Crippen LogP contribution in [-0.4, -0.2) is 49.4 Å². The molecule has 10 heteroatoms. The maximum absolute atomic E-state index is 12.0. The molecule has 0 fully saturated rings. The number of nitrogens with one attached hydrogen (secondary N) is 2. The van der Waals surface area contributed by atoms with E-state index in [0.717, 1.165) is 0 Å². The molecule has 0 aliphatic carbocycles. The molecule has 122 valence electrons. The van der Waals surface area contributed by atoms with E-state index in [9.17, 15) is 10.0 Å². The van der Waals surface area contributed by atoms with Crippen molar-refractivity contribution in [3.8, 4) is 0 Å². The van der Waals surface area contributed by atoms with Crippen LogP contribution >= 0.6 is 0 Å². The third-order valence-electron chi connectivity index (χ3n) is 3.69. The Labute approximate surface area is 131 Å². The van der Waals surface area contributed by atoms with Crippen LogP contribution in [0.25, 0.3) is 11.0 Å². The van der Waals surface area contributed by atoms with Crippen molar-refractivity contribution in [2.45, 2.75) is 13.1 Å². The molecule has 1 atom stereocenters. The number of aliphatic hydroxyl groups is 1. The quantitative estimate of drug-likeness (QED) is 0.284. The van der Waals surface area contributed by atoms with E-state index < -0.39 is 18.7 Å². The highest BCUT2D eigenvalue weighted by Crippen LogP contribution is 2.30. The van der Waals surface area contributed by atoms with E-state index in [2.05, 4.69) is 20.3 Å². The number of aromatic amines is 1. The summed E-state index contributed by atoms with van der Waals surface area (Å²) in [4.78, 5) is 23.3. The van der Waals surface area contributed by atoms with Gasteiger partial charge in [-0.05, 0) is 6.92 Å². The predicted octanol–water partition coefficient (Wildman–Crippen LogP) is -0.646. The first-order valence-electron chi connectivity index (χ1n) is 7.01. The number of amides is 1. The van der Waals surface area contributed by atoms with E-state index in [1.165, 1.54) is 17.5 Å². The van der Waals surface area contributed by atoms with Crippen LogP contribution in [0.5, 0.6) is 0 Å². The van der Waals surface area contributed by atoms with Crippen LogP contribution in [-0.2, 0) is 4.79 Å². The molecular formula is C13H17N7O3. The Balaban J connectivity index is 2.05. The molecule has 1 amide bonds. The summed E-state index contributed by atoms with van der Waals surface area (Å²) in [6.45, 7) is 1.97. The maximum atomic E-state index is 12.0. The lowest BCUT2D eigenvalue weighted by atomic mass is 10.1. The molecule has 2 aromatic heterocycles. The Hall–Kier alpha value is -2.69. The average molecular weight is 319 g/mol. The van der Waals surface area contributed by atoms with E-state index in [1.807, 2.05) is 6.92 Å². The van der Waals surface area contributed by atoms with E-state index in [4.69, 9.17) is 10.9 Å². The molecule has 0 bridgehead atoms. The van der Waals surface area contributed by atoms with Gasteiger partial charge in [-0.25, -0.2) is 15.8 Å². The molecule has 0 radical (unpaired) electrons. The van der Waals surface area contributed by atoms with Crippen molar-refractivity contribution in [1.29, 1.82) is 0 Å². The second kappa shape index (κ2) is 5.83. The number of rotatable bonds is 4. The Bertz CT molecular complexity index is 772. The maximum Gasteiger partial charge on any atom is 0.279 e. The summed E-state index contributed by atoms with van der Waals surface area (Å²) in [5.41, 5.74) is 1.76. The van der Waals surface area contributed by atoms with Crippen LogP contribution in [0.4, 0.5) is 5.82 Å². The molecule has 3 rings (SSSR count). The lowest BCUT2D eigenvalue weighted by molar-refractivity contribution is -0.176. The highest BCUT2D eigenvalue weighted by Gasteiger charge is 2.32. The van der Waals surface area contributed by atoms with Gasteiger partial charge < -0.3 is 15.4 Å². The Kier molecular flexibility index (Phi) is 3.86. The molecular weight excluding hydrogens is 302 g/mol. The Morgan fingerprint density at radius 2 is 2.26 bits per heavy atom. The van der Waals surface area contributed by atoms with Crippen molar-refractivity contribution in [2.24, 2.45) is 5.84 Å². The predicted molar refractivity (Wildman–Crippen MR) is 80.8 cm³/mol. The van der Waals surface area contributed by atoms with Crippen LogP contribution in [0, 0.1) is 0 Å². The first kappa shape index (κ1) is 15.2. The molecule has 0 saturated heterocycles. The number of anilines is 1. The molecule has 10 nitrogen and oxygen atoms in total. The van der Waals surface area contributed by atoms with Gasteiger partial charge in [0.15, 0.2) is 12.0 Å². The molecule has 0 aromatic carbocycles. The number of carbonyl (C=O) groups is 1. The normalized spacial score (nSPS) is 18.1. The van der Waals surface area contributed by atoms with Crippen molar-refractivity contribution < 1.29 is 15.1 Å². The van der Waals surface area contributed by atoms with Gasteiger partial charge in [-0.1, -0.05) is 0 Å². The van der Waals surface area contributed by atoms with Crippen molar-refractivity contribution in [3.05, 3.63) is 29.9 Å². The van der Waals surface area contributed by atoms with Gasteiger partial charge in [-0.15, -0.1) is 0 Å². The lowest BCUT2D eigenvalue weighted by Crippen LogP contribution is -2.43. The van der Waals surface area contributed by atoms with Crippen LogP contribution < -0.4 is 16.2 Å². The standard InChI is InChI=1S/C13H17N7O3/c1-2-19(14)12-10-9(17-6-18-12)8(4-15-10)11-16-3-7(5-21)13(22)20(11)23/h3-4,6,11,15-16,21,23H,2,5,14H2,1H3/t11-/m0/s1. The fraction of sp³-hybridized carbons (Fsp3) is 0.308. The zero-order chi connectivity index (χ0) is 16.6. The number of hydroxylamine groups is 2. The van der Waals surface area contributed by atoms with Crippen molar-refractivity contribution in [2.75, 3.05) is 18.2 Å². The third kappa shape index (κ3) is 2.38. The second-order valence-electron chi connectivity index (χ2n) is 5.00. The van der Waals surface area contributed by atoms with Gasteiger partial charge in [0.2, 0.25) is 0 Å². The topological polar surface area (TPSA) is 144 Å². The Morgan fingerprint density at radius 1 is 1.48 bits per heavy atom.